The van der Waals surface area contributed by atoms with Gasteiger partial charge in [-0.15, -0.1) is 37.2 Å². The molecule has 0 atom stereocenters. The summed E-state index contributed by atoms with van der Waals surface area (Å²) in [6.45, 7) is 0. The Morgan fingerprint density at radius 1 is 1.29 bits per heavy atom. The van der Waals surface area contributed by atoms with Gasteiger partial charge in [0.2, 0.25) is 0 Å². The summed E-state index contributed by atoms with van der Waals surface area (Å²) in [4.78, 5) is 4.21. The van der Waals surface area contributed by atoms with E-state index in [1.807, 2.05) is 0 Å². The molecule has 21 heavy (non-hydrogen) atoms. The molecule has 0 spiro atoms. The standard InChI is InChI=1S/C13H15N5.3ClH/c14-11-4-8-17-18-10(9-16-12(11)18)3-1-5-13(15)6-2-7-13;;;/h4,8-9H,2,5-7,14-15H2;3*1H. The Kier molecular flexibility index (Phi) is 7.28. The van der Waals surface area contributed by atoms with Crippen molar-refractivity contribution in [2.75, 3.05) is 5.73 Å². The SMILES string of the molecule is Cl.Cl.Cl.Nc1ccnn2c(C#CCC3(N)CCC3)cnc12. The van der Waals surface area contributed by atoms with Gasteiger partial charge in [0.25, 0.3) is 0 Å². The third-order valence-electron chi connectivity index (χ3n) is 3.44. The minimum Gasteiger partial charge on any atom is -0.396 e. The number of nitrogen functional groups attached to an aromatic ring is 1. The molecule has 116 valence electrons. The minimum atomic E-state index is -0.0695. The highest BCUT2D eigenvalue weighted by Gasteiger charge is 2.31. The first-order chi connectivity index (χ1) is 8.68. The smallest absolute Gasteiger partial charge is 0.178 e. The molecule has 4 N–H and O–H groups in total. The van der Waals surface area contributed by atoms with Crippen molar-refractivity contribution in [3.63, 3.8) is 0 Å². The van der Waals surface area contributed by atoms with Gasteiger partial charge >= 0.3 is 0 Å². The summed E-state index contributed by atoms with van der Waals surface area (Å²) in [5.41, 5.74) is 13.9. The predicted molar refractivity (Wildman–Crippen MR) is 91.4 cm³/mol. The van der Waals surface area contributed by atoms with Gasteiger partial charge < -0.3 is 11.5 Å². The zero-order chi connectivity index (χ0) is 12.6. The number of rotatable bonds is 1. The molecule has 8 heteroatoms. The third-order valence-corrected chi connectivity index (χ3v) is 3.44. The summed E-state index contributed by atoms with van der Waals surface area (Å²) in [5.74, 6) is 6.20. The Bertz CT molecular complexity index is 655. The lowest BCUT2D eigenvalue weighted by atomic mass is 9.75. The topological polar surface area (TPSA) is 82.2 Å². The maximum absolute atomic E-state index is 6.12. The first-order valence-electron chi connectivity index (χ1n) is 6.04. The van der Waals surface area contributed by atoms with Crippen molar-refractivity contribution < 1.29 is 0 Å². The van der Waals surface area contributed by atoms with Crippen molar-refractivity contribution in [3.8, 4) is 11.8 Å². The molecule has 5 nitrogen and oxygen atoms in total. The average molecular weight is 351 g/mol. The summed E-state index contributed by atoms with van der Waals surface area (Å²) in [6.07, 6.45) is 7.41. The maximum Gasteiger partial charge on any atom is 0.178 e. The molecule has 0 aliphatic heterocycles. The van der Waals surface area contributed by atoms with Gasteiger partial charge in [-0.25, -0.2) is 9.50 Å². The third kappa shape index (κ3) is 3.92. The first-order valence-corrected chi connectivity index (χ1v) is 6.04. The molecule has 0 unspecified atom stereocenters. The summed E-state index contributed by atoms with van der Waals surface area (Å²) < 4.78 is 1.66. The molecule has 0 saturated heterocycles. The van der Waals surface area contributed by atoms with Gasteiger partial charge in [0, 0.05) is 12.0 Å². The monoisotopic (exact) mass is 349 g/mol. The van der Waals surface area contributed by atoms with Gasteiger partial charge in [-0.2, -0.15) is 5.10 Å². The van der Waals surface area contributed by atoms with Crippen LogP contribution in [0.2, 0.25) is 0 Å². The highest BCUT2D eigenvalue weighted by atomic mass is 35.5. The Morgan fingerprint density at radius 3 is 2.62 bits per heavy atom. The number of hydrogen-bond acceptors (Lipinski definition) is 4. The molecular formula is C13H18Cl3N5. The molecule has 1 saturated carbocycles. The van der Waals surface area contributed by atoms with Crippen LogP contribution in [-0.2, 0) is 0 Å². The van der Waals surface area contributed by atoms with Crippen LogP contribution in [0.4, 0.5) is 5.69 Å². The largest absolute Gasteiger partial charge is 0.396 e. The van der Waals surface area contributed by atoms with E-state index in [1.165, 1.54) is 6.42 Å². The van der Waals surface area contributed by atoms with E-state index in [0.29, 0.717) is 11.3 Å². The molecule has 2 heterocycles. The first kappa shape index (κ1) is 19.8. The Balaban J connectivity index is 0.00000133. The quantitative estimate of drug-likeness (QED) is 0.772. The van der Waals surface area contributed by atoms with Crippen LogP contribution in [0.3, 0.4) is 0 Å². The van der Waals surface area contributed by atoms with Gasteiger partial charge in [0.05, 0.1) is 18.1 Å². The van der Waals surface area contributed by atoms with Crippen molar-refractivity contribution in [1.29, 1.82) is 0 Å². The van der Waals surface area contributed by atoms with Gasteiger partial charge in [0.1, 0.15) is 5.69 Å². The summed E-state index contributed by atoms with van der Waals surface area (Å²) >= 11 is 0. The normalized spacial score (nSPS) is 14.5. The van der Waals surface area contributed by atoms with Crippen molar-refractivity contribution in [2.24, 2.45) is 5.73 Å². The second-order valence-corrected chi connectivity index (χ2v) is 4.86. The zero-order valence-electron chi connectivity index (χ0n) is 11.3. The lowest BCUT2D eigenvalue weighted by molar-refractivity contribution is 0.255. The highest BCUT2D eigenvalue weighted by molar-refractivity contribution is 5.86. The van der Waals surface area contributed by atoms with Crippen molar-refractivity contribution >= 4 is 48.6 Å². The molecule has 1 aliphatic carbocycles. The van der Waals surface area contributed by atoms with Crippen LogP contribution in [0, 0.1) is 11.8 Å². The second-order valence-electron chi connectivity index (χ2n) is 4.86. The molecule has 1 fully saturated rings. The maximum atomic E-state index is 6.12. The Morgan fingerprint density at radius 2 is 2.00 bits per heavy atom. The number of halogens is 3. The number of aromatic nitrogens is 3. The molecular weight excluding hydrogens is 333 g/mol. The van der Waals surface area contributed by atoms with E-state index in [1.54, 1.807) is 23.0 Å². The van der Waals surface area contributed by atoms with Crippen LogP contribution in [0.15, 0.2) is 18.5 Å². The fourth-order valence-corrected chi connectivity index (χ4v) is 2.12. The molecule has 1 aliphatic rings. The Labute approximate surface area is 142 Å². The van der Waals surface area contributed by atoms with Crippen LogP contribution in [0.1, 0.15) is 31.4 Å². The lowest BCUT2D eigenvalue weighted by Crippen LogP contribution is -2.45. The number of nitrogens with zero attached hydrogens (tertiary/aromatic N) is 3. The van der Waals surface area contributed by atoms with Crippen LogP contribution in [0.25, 0.3) is 5.65 Å². The van der Waals surface area contributed by atoms with Crippen LogP contribution >= 0.6 is 37.2 Å². The zero-order valence-corrected chi connectivity index (χ0v) is 13.7. The number of fused-ring (bicyclic) bond motifs is 1. The van der Waals surface area contributed by atoms with Crippen LogP contribution < -0.4 is 11.5 Å². The molecule has 0 radical (unpaired) electrons. The van der Waals surface area contributed by atoms with E-state index in [4.69, 9.17) is 11.5 Å². The van der Waals surface area contributed by atoms with Gasteiger partial charge in [-0.05, 0) is 31.2 Å². The number of hydrogen-bond donors (Lipinski definition) is 2. The van der Waals surface area contributed by atoms with E-state index in [9.17, 15) is 0 Å². The molecule has 3 rings (SSSR count). The van der Waals surface area contributed by atoms with Gasteiger partial charge in [-0.3, -0.25) is 0 Å². The summed E-state index contributed by atoms with van der Waals surface area (Å²) in [5, 5.41) is 4.19. The molecule has 0 bridgehead atoms. The van der Waals surface area contributed by atoms with E-state index < -0.39 is 0 Å². The van der Waals surface area contributed by atoms with Gasteiger partial charge in [-0.1, -0.05) is 5.92 Å². The van der Waals surface area contributed by atoms with Crippen molar-refractivity contribution in [3.05, 3.63) is 24.2 Å². The Hall–Kier alpha value is -1.19. The van der Waals surface area contributed by atoms with Crippen LogP contribution in [-0.4, -0.2) is 20.1 Å². The van der Waals surface area contributed by atoms with Crippen molar-refractivity contribution in [1.82, 2.24) is 14.6 Å². The molecule has 2 aromatic heterocycles. The summed E-state index contributed by atoms with van der Waals surface area (Å²) in [7, 11) is 0. The number of imidazole rings is 1. The van der Waals surface area contributed by atoms with E-state index in [2.05, 4.69) is 21.9 Å². The number of nitrogens with two attached hydrogens (primary N) is 2. The number of anilines is 1. The fourth-order valence-electron chi connectivity index (χ4n) is 2.12. The van der Waals surface area contributed by atoms with Gasteiger partial charge in [0.15, 0.2) is 5.65 Å². The van der Waals surface area contributed by atoms with E-state index >= 15 is 0 Å². The minimum absolute atomic E-state index is 0. The average Bonchev–Trinajstić information content (AvgIpc) is 2.72. The van der Waals surface area contributed by atoms with E-state index in [-0.39, 0.29) is 42.8 Å². The fraction of sp³-hybridized carbons (Fsp3) is 0.385. The molecule has 0 amide bonds. The van der Waals surface area contributed by atoms with Crippen molar-refractivity contribution in [2.45, 2.75) is 31.2 Å². The van der Waals surface area contributed by atoms with Crippen LogP contribution in [0.5, 0.6) is 0 Å². The van der Waals surface area contributed by atoms with E-state index in [0.717, 1.165) is 25.0 Å². The second kappa shape index (κ2) is 7.71. The highest BCUT2D eigenvalue weighted by Crippen LogP contribution is 2.31. The predicted octanol–water partition coefficient (Wildman–Crippen LogP) is 2.20. The molecule has 2 aromatic rings. The summed E-state index contributed by atoms with van der Waals surface area (Å²) in [6, 6.07) is 1.72. The lowest BCUT2D eigenvalue weighted by Gasteiger charge is -2.36. The molecule has 0 aromatic carbocycles.